The molecule has 0 spiro atoms. The first-order valence-corrected chi connectivity index (χ1v) is 8.64. The molecule has 0 amide bonds. The van der Waals surface area contributed by atoms with Crippen LogP contribution in [0.15, 0.2) is 35.4 Å². The average Bonchev–Trinajstić information content (AvgIpc) is 2.97. The van der Waals surface area contributed by atoms with Crippen molar-refractivity contribution < 1.29 is 8.42 Å². The third-order valence-corrected chi connectivity index (χ3v) is 6.13. The topological polar surface area (TPSA) is 76.3 Å². The number of benzene rings is 1. The number of rotatable bonds is 3. The van der Waals surface area contributed by atoms with Crippen molar-refractivity contribution in [1.29, 1.82) is 0 Å². The third kappa shape index (κ3) is 2.28. The summed E-state index contributed by atoms with van der Waals surface area (Å²) < 4.78 is 27.6. The van der Waals surface area contributed by atoms with Crippen LogP contribution in [0.4, 0.5) is 5.69 Å². The molecular formula is C15H19N3O2S. The summed E-state index contributed by atoms with van der Waals surface area (Å²) >= 11 is 0. The van der Waals surface area contributed by atoms with Crippen LogP contribution >= 0.6 is 0 Å². The van der Waals surface area contributed by atoms with E-state index < -0.39 is 10.0 Å². The maximum atomic E-state index is 13.0. The Hall–Kier alpha value is -1.66. The number of fused-ring (bicyclic) bond motifs is 1. The quantitative estimate of drug-likeness (QED) is 0.883. The van der Waals surface area contributed by atoms with Gasteiger partial charge in [0.25, 0.3) is 0 Å². The van der Waals surface area contributed by atoms with E-state index in [-0.39, 0.29) is 10.9 Å². The highest BCUT2D eigenvalue weighted by atomic mass is 32.2. The molecule has 1 atom stereocenters. The summed E-state index contributed by atoms with van der Waals surface area (Å²) in [6.07, 6.45) is 4.27. The fourth-order valence-corrected chi connectivity index (χ4v) is 4.95. The molecule has 1 aliphatic rings. The molecule has 1 saturated heterocycles. The van der Waals surface area contributed by atoms with Crippen molar-refractivity contribution in [2.45, 2.75) is 37.1 Å². The number of hydrogen-bond donors (Lipinski definition) is 1. The van der Waals surface area contributed by atoms with E-state index in [1.165, 1.54) is 0 Å². The zero-order chi connectivity index (χ0) is 15.0. The van der Waals surface area contributed by atoms with Gasteiger partial charge in [-0.2, -0.15) is 4.31 Å². The fraction of sp³-hybridized carbons (Fsp3) is 0.400. The van der Waals surface area contributed by atoms with Crippen molar-refractivity contribution in [2.24, 2.45) is 0 Å². The number of hydrogen-bond acceptors (Lipinski definition) is 4. The van der Waals surface area contributed by atoms with Gasteiger partial charge in [0.2, 0.25) is 10.0 Å². The number of sulfonamides is 1. The second-order valence-electron chi connectivity index (χ2n) is 5.37. The van der Waals surface area contributed by atoms with E-state index in [1.54, 1.807) is 34.8 Å². The zero-order valence-electron chi connectivity index (χ0n) is 12.0. The van der Waals surface area contributed by atoms with E-state index in [1.807, 2.05) is 6.92 Å². The second-order valence-corrected chi connectivity index (χ2v) is 7.23. The van der Waals surface area contributed by atoms with E-state index in [9.17, 15) is 8.42 Å². The van der Waals surface area contributed by atoms with E-state index >= 15 is 0 Å². The van der Waals surface area contributed by atoms with E-state index in [4.69, 9.17) is 5.73 Å². The molecule has 1 aromatic heterocycles. The first-order chi connectivity index (χ1) is 10.1. The van der Waals surface area contributed by atoms with E-state index in [2.05, 4.69) is 4.98 Å². The Labute approximate surface area is 124 Å². The van der Waals surface area contributed by atoms with Gasteiger partial charge in [0.1, 0.15) is 4.90 Å². The summed E-state index contributed by atoms with van der Waals surface area (Å²) in [5.41, 5.74) is 6.93. The second kappa shape index (κ2) is 5.27. The number of anilines is 1. The predicted octanol–water partition coefficient (Wildman–Crippen LogP) is 2.38. The highest BCUT2D eigenvalue weighted by Gasteiger charge is 2.35. The number of nitrogen functional groups attached to an aromatic ring is 1. The van der Waals surface area contributed by atoms with Crippen LogP contribution in [-0.2, 0) is 10.0 Å². The van der Waals surface area contributed by atoms with Gasteiger partial charge in [-0.05, 0) is 43.5 Å². The van der Waals surface area contributed by atoms with Gasteiger partial charge in [-0.15, -0.1) is 0 Å². The lowest BCUT2D eigenvalue weighted by Crippen LogP contribution is -2.35. The first kappa shape index (κ1) is 14.3. The van der Waals surface area contributed by atoms with Crippen LogP contribution < -0.4 is 5.73 Å². The van der Waals surface area contributed by atoms with Gasteiger partial charge in [0.15, 0.2) is 0 Å². The van der Waals surface area contributed by atoms with Crippen molar-refractivity contribution in [1.82, 2.24) is 9.29 Å². The molecule has 6 heteroatoms. The van der Waals surface area contributed by atoms with Crippen molar-refractivity contribution >= 4 is 26.6 Å². The maximum absolute atomic E-state index is 13.0. The van der Waals surface area contributed by atoms with Crippen molar-refractivity contribution in [2.75, 3.05) is 12.3 Å². The minimum Gasteiger partial charge on any atom is -0.398 e. The molecule has 0 bridgehead atoms. The smallest absolute Gasteiger partial charge is 0.245 e. The Balaban J connectivity index is 2.18. The van der Waals surface area contributed by atoms with Gasteiger partial charge >= 0.3 is 0 Å². The Morgan fingerprint density at radius 2 is 2.19 bits per heavy atom. The van der Waals surface area contributed by atoms with Gasteiger partial charge in [-0.3, -0.25) is 4.98 Å². The Kier molecular flexibility index (Phi) is 3.59. The molecule has 3 rings (SSSR count). The van der Waals surface area contributed by atoms with Crippen molar-refractivity contribution in [3.05, 3.63) is 30.5 Å². The van der Waals surface area contributed by atoms with Crippen LogP contribution in [0.1, 0.15) is 26.2 Å². The third-order valence-electron chi connectivity index (χ3n) is 4.15. The van der Waals surface area contributed by atoms with Crippen LogP contribution in [0.25, 0.3) is 10.9 Å². The van der Waals surface area contributed by atoms with Gasteiger partial charge in [0.05, 0.1) is 5.52 Å². The molecule has 112 valence electrons. The largest absolute Gasteiger partial charge is 0.398 e. The molecule has 0 aliphatic carbocycles. The zero-order valence-corrected chi connectivity index (χ0v) is 12.8. The summed E-state index contributed by atoms with van der Waals surface area (Å²) in [5, 5.41) is 0.686. The summed E-state index contributed by atoms with van der Waals surface area (Å²) in [4.78, 5) is 4.50. The molecule has 0 radical (unpaired) electrons. The Morgan fingerprint density at radius 3 is 2.95 bits per heavy atom. The van der Waals surface area contributed by atoms with Gasteiger partial charge in [0, 0.05) is 29.9 Å². The summed E-state index contributed by atoms with van der Waals surface area (Å²) in [7, 11) is -3.53. The van der Waals surface area contributed by atoms with Crippen LogP contribution in [0.3, 0.4) is 0 Å². The molecule has 21 heavy (non-hydrogen) atoms. The minimum absolute atomic E-state index is 0.0892. The Morgan fingerprint density at radius 1 is 1.38 bits per heavy atom. The SMILES string of the molecule is CCC1CCCN1S(=O)(=O)c1ccc(N)c2cccnc12. The molecule has 0 saturated carbocycles. The van der Waals surface area contributed by atoms with E-state index in [0.717, 1.165) is 19.3 Å². The normalized spacial score (nSPS) is 20.1. The van der Waals surface area contributed by atoms with Gasteiger partial charge in [-0.25, -0.2) is 8.42 Å². The van der Waals surface area contributed by atoms with Crippen molar-refractivity contribution in [3.63, 3.8) is 0 Å². The van der Waals surface area contributed by atoms with Crippen LogP contribution in [0.5, 0.6) is 0 Å². The lowest BCUT2D eigenvalue weighted by molar-refractivity contribution is 0.380. The summed E-state index contributed by atoms with van der Waals surface area (Å²) in [6.45, 7) is 2.61. The molecule has 5 nitrogen and oxygen atoms in total. The number of aromatic nitrogens is 1. The summed E-state index contributed by atoms with van der Waals surface area (Å²) in [5.74, 6) is 0. The lowest BCUT2D eigenvalue weighted by Gasteiger charge is -2.23. The monoisotopic (exact) mass is 305 g/mol. The van der Waals surface area contributed by atoms with Crippen LogP contribution in [-0.4, -0.2) is 30.3 Å². The molecule has 1 unspecified atom stereocenters. The first-order valence-electron chi connectivity index (χ1n) is 7.20. The molecular weight excluding hydrogens is 286 g/mol. The van der Waals surface area contributed by atoms with Gasteiger partial charge in [-0.1, -0.05) is 6.92 Å². The average molecular weight is 305 g/mol. The number of nitrogens with zero attached hydrogens (tertiary/aromatic N) is 2. The predicted molar refractivity (Wildman–Crippen MR) is 83.4 cm³/mol. The van der Waals surface area contributed by atoms with Crippen LogP contribution in [0.2, 0.25) is 0 Å². The molecule has 1 aliphatic heterocycles. The molecule has 2 heterocycles. The number of nitrogens with two attached hydrogens (primary N) is 1. The van der Waals surface area contributed by atoms with Gasteiger partial charge < -0.3 is 5.73 Å². The fourth-order valence-electron chi connectivity index (χ4n) is 3.04. The standard InChI is InChI=1S/C15H19N3O2S/c1-2-11-5-4-10-18(11)21(19,20)14-8-7-13(16)12-6-3-9-17-15(12)14/h3,6-9,11H,2,4-5,10,16H2,1H3. The maximum Gasteiger partial charge on any atom is 0.245 e. The Bertz CT molecular complexity index is 774. The molecule has 2 N–H and O–H groups in total. The lowest BCUT2D eigenvalue weighted by atomic mass is 10.2. The molecule has 1 fully saturated rings. The van der Waals surface area contributed by atoms with Crippen LogP contribution in [0, 0.1) is 0 Å². The summed E-state index contributed by atoms with van der Waals surface area (Å²) in [6, 6.07) is 6.88. The molecule has 1 aromatic carbocycles. The van der Waals surface area contributed by atoms with Crippen molar-refractivity contribution in [3.8, 4) is 0 Å². The minimum atomic E-state index is -3.53. The highest BCUT2D eigenvalue weighted by molar-refractivity contribution is 7.89. The molecule has 2 aromatic rings. The van der Waals surface area contributed by atoms with E-state index in [0.29, 0.717) is 23.1 Å². The number of pyridine rings is 1. The highest BCUT2D eigenvalue weighted by Crippen LogP contribution is 2.32.